The molecule has 15 nitrogen and oxygen atoms in total. The highest BCUT2D eigenvalue weighted by Gasteiger charge is 1.98. The highest BCUT2D eigenvalue weighted by Crippen LogP contribution is 2.11. The molecule has 57 heavy (non-hydrogen) atoms. The molecule has 344 valence electrons. The number of aliphatic hydroxyl groups is 1. The summed E-state index contributed by atoms with van der Waals surface area (Å²) < 4.78 is 71.0. The minimum Gasteiger partial charge on any atom is -0.394 e. The molecule has 0 heterocycles. The minimum absolute atomic E-state index is 0.0252. The lowest BCUT2D eigenvalue weighted by atomic mass is 10.1. The van der Waals surface area contributed by atoms with E-state index < -0.39 is 0 Å². The number of unbranched alkanes of at least 4 members (excludes halogenated alkanes) is 11. The normalized spacial score (nSPS) is 11.7. The van der Waals surface area contributed by atoms with Gasteiger partial charge in [0.1, 0.15) is 0 Å². The fraction of sp³-hybridized carbons (Fsp3) is 1.00. The first-order valence-corrected chi connectivity index (χ1v) is 22.2. The van der Waals surface area contributed by atoms with Crippen LogP contribution < -0.4 is 5.32 Å². The quantitative estimate of drug-likeness (QED) is 0.0829. The van der Waals surface area contributed by atoms with Gasteiger partial charge in [0.2, 0.25) is 0 Å². The smallest absolute Gasteiger partial charge is 0.0701 e. The summed E-state index contributed by atoms with van der Waals surface area (Å²) in [7, 11) is 0. The molecule has 0 aromatic carbocycles. The van der Waals surface area contributed by atoms with Crippen LogP contribution in [0, 0.1) is 0 Å². The second kappa shape index (κ2) is 55.4. The Kier molecular flexibility index (Phi) is 54.8. The zero-order valence-corrected chi connectivity index (χ0v) is 36.2. The van der Waals surface area contributed by atoms with Crippen LogP contribution in [0.3, 0.4) is 0 Å². The van der Waals surface area contributed by atoms with Crippen molar-refractivity contribution in [2.45, 2.75) is 84.0 Å². The van der Waals surface area contributed by atoms with Crippen molar-refractivity contribution in [1.82, 2.24) is 5.32 Å². The van der Waals surface area contributed by atoms with Gasteiger partial charge in [-0.05, 0) is 13.0 Å². The fourth-order valence-electron chi connectivity index (χ4n) is 5.17. The summed E-state index contributed by atoms with van der Waals surface area (Å²) in [6.45, 7) is 17.8. The predicted molar refractivity (Wildman–Crippen MR) is 222 cm³/mol. The second-order valence-corrected chi connectivity index (χ2v) is 13.3. The van der Waals surface area contributed by atoms with Gasteiger partial charge in [-0.2, -0.15) is 0 Å². The Labute approximate surface area is 347 Å². The van der Waals surface area contributed by atoms with Gasteiger partial charge in [-0.25, -0.2) is 0 Å². The van der Waals surface area contributed by atoms with Gasteiger partial charge in [0.25, 0.3) is 0 Å². The van der Waals surface area contributed by atoms with E-state index in [1.54, 1.807) is 0 Å². The van der Waals surface area contributed by atoms with Gasteiger partial charge in [0, 0.05) is 6.54 Å². The zero-order chi connectivity index (χ0) is 40.9. The number of nitrogens with one attached hydrogen (secondary N) is 1. The van der Waals surface area contributed by atoms with E-state index in [9.17, 15) is 0 Å². The molecule has 0 aliphatic heterocycles. The summed E-state index contributed by atoms with van der Waals surface area (Å²) in [5.74, 6) is 0. The third-order valence-electron chi connectivity index (χ3n) is 8.33. The Hall–Kier alpha value is -0.600. The van der Waals surface area contributed by atoms with E-state index in [0.717, 1.165) is 19.7 Å². The number of hydrogen-bond acceptors (Lipinski definition) is 15. The first-order valence-electron chi connectivity index (χ1n) is 22.2. The van der Waals surface area contributed by atoms with Crippen molar-refractivity contribution in [3.8, 4) is 0 Å². The average Bonchev–Trinajstić information content (AvgIpc) is 3.22. The average molecular weight is 830 g/mol. The van der Waals surface area contributed by atoms with E-state index in [4.69, 9.17) is 66.7 Å². The van der Waals surface area contributed by atoms with E-state index in [1.165, 1.54) is 77.0 Å². The van der Waals surface area contributed by atoms with Crippen LogP contribution in [0.15, 0.2) is 0 Å². The van der Waals surface area contributed by atoms with Crippen LogP contribution in [0.2, 0.25) is 0 Å². The van der Waals surface area contributed by atoms with Crippen molar-refractivity contribution in [3.05, 3.63) is 0 Å². The number of rotatable bonds is 54. The van der Waals surface area contributed by atoms with Gasteiger partial charge < -0.3 is 72.0 Å². The van der Waals surface area contributed by atoms with Gasteiger partial charge in [0.05, 0.1) is 178 Å². The van der Waals surface area contributed by atoms with Gasteiger partial charge in [-0.1, -0.05) is 77.6 Å². The molecule has 0 bridgehead atoms. The molecule has 0 aliphatic carbocycles. The molecule has 0 saturated heterocycles. The van der Waals surface area contributed by atoms with Crippen molar-refractivity contribution in [2.75, 3.05) is 191 Å². The van der Waals surface area contributed by atoms with Crippen LogP contribution in [0.25, 0.3) is 0 Å². The third kappa shape index (κ3) is 55.4. The van der Waals surface area contributed by atoms with E-state index >= 15 is 0 Å². The molecule has 0 amide bonds. The second-order valence-electron chi connectivity index (χ2n) is 13.3. The minimum atomic E-state index is 0.0252. The van der Waals surface area contributed by atoms with E-state index in [2.05, 4.69) is 12.2 Å². The summed E-state index contributed by atoms with van der Waals surface area (Å²) in [5, 5.41) is 12.1. The van der Waals surface area contributed by atoms with Crippen molar-refractivity contribution in [1.29, 1.82) is 0 Å². The van der Waals surface area contributed by atoms with Crippen LogP contribution >= 0.6 is 0 Å². The molecule has 0 spiro atoms. The summed E-state index contributed by atoms with van der Waals surface area (Å²) in [4.78, 5) is 0. The molecular formula is C42H87NO14. The maximum atomic E-state index is 8.60. The van der Waals surface area contributed by atoms with Crippen LogP contribution in [0.5, 0.6) is 0 Å². The topological polar surface area (TPSA) is 152 Å². The van der Waals surface area contributed by atoms with Crippen LogP contribution in [-0.4, -0.2) is 197 Å². The Bertz CT molecular complexity index is 635. The fourth-order valence-corrected chi connectivity index (χ4v) is 5.17. The molecule has 2 N–H and O–H groups in total. The lowest BCUT2D eigenvalue weighted by Crippen LogP contribution is -2.22. The van der Waals surface area contributed by atoms with Crippen molar-refractivity contribution in [3.63, 3.8) is 0 Å². The Balaban J connectivity index is 3.05. The summed E-state index contributed by atoms with van der Waals surface area (Å²) in [6.07, 6.45) is 16.6. The third-order valence-corrected chi connectivity index (χ3v) is 8.33. The standard InChI is InChI=1S/C42H87NO14/c1-2-3-4-5-6-7-8-9-10-11-12-13-14-43-15-17-45-19-21-47-23-25-49-27-29-51-31-33-53-35-37-55-39-41-57-42-40-56-38-36-54-34-32-52-30-28-50-26-24-48-22-20-46-18-16-44/h43-44H,2-42H2,1H3. The zero-order valence-electron chi connectivity index (χ0n) is 36.2. The number of hydrogen-bond donors (Lipinski definition) is 2. The Morgan fingerprint density at radius 2 is 0.456 bits per heavy atom. The van der Waals surface area contributed by atoms with Crippen molar-refractivity contribution in [2.24, 2.45) is 0 Å². The first-order chi connectivity index (χ1) is 28.4. The number of aliphatic hydroxyl groups excluding tert-OH is 1. The lowest BCUT2D eigenvalue weighted by molar-refractivity contribution is -0.0292. The number of ether oxygens (including phenoxy) is 13. The highest BCUT2D eigenvalue weighted by molar-refractivity contribution is 4.51. The molecule has 0 saturated carbocycles. The summed E-state index contributed by atoms with van der Waals surface area (Å²) >= 11 is 0. The molecule has 0 atom stereocenters. The van der Waals surface area contributed by atoms with Gasteiger partial charge in [-0.3, -0.25) is 0 Å². The molecule has 0 unspecified atom stereocenters. The summed E-state index contributed by atoms with van der Waals surface area (Å²) in [5.41, 5.74) is 0. The van der Waals surface area contributed by atoms with Crippen molar-refractivity contribution >= 4 is 0 Å². The molecule has 0 rings (SSSR count). The van der Waals surface area contributed by atoms with Crippen LogP contribution in [0.1, 0.15) is 84.0 Å². The maximum Gasteiger partial charge on any atom is 0.0701 e. The molecule has 0 aromatic heterocycles. The highest BCUT2D eigenvalue weighted by atomic mass is 16.6. The monoisotopic (exact) mass is 830 g/mol. The first kappa shape index (κ1) is 56.4. The van der Waals surface area contributed by atoms with Gasteiger partial charge in [-0.15, -0.1) is 0 Å². The predicted octanol–water partition coefficient (Wildman–Crippen LogP) is 4.49. The molecule has 0 radical (unpaired) electrons. The SMILES string of the molecule is CCCCCCCCCCCCCCNCCOCCOCCOCCOCCOCCOCCOCCOCCOCCOCCOCCOCCOCCO. The van der Waals surface area contributed by atoms with E-state index in [0.29, 0.717) is 165 Å². The van der Waals surface area contributed by atoms with E-state index in [-0.39, 0.29) is 6.61 Å². The molecule has 15 heteroatoms. The van der Waals surface area contributed by atoms with Crippen LogP contribution in [-0.2, 0) is 61.6 Å². The largest absolute Gasteiger partial charge is 0.394 e. The van der Waals surface area contributed by atoms with Gasteiger partial charge in [0.15, 0.2) is 0 Å². The summed E-state index contributed by atoms with van der Waals surface area (Å²) in [6, 6.07) is 0. The van der Waals surface area contributed by atoms with Crippen LogP contribution in [0.4, 0.5) is 0 Å². The molecule has 0 fully saturated rings. The van der Waals surface area contributed by atoms with E-state index in [1.807, 2.05) is 0 Å². The molecule has 0 aromatic rings. The lowest BCUT2D eigenvalue weighted by Gasteiger charge is -2.09. The molecular weight excluding hydrogens is 742 g/mol. The maximum absolute atomic E-state index is 8.60. The van der Waals surface area contributed by atoms with Crippen molar-refractivity contribution < 1.29 is 66.7 Å². The van der Waals surface area contributed by atoms with Gasteiger partial charge >= 0.3 is 0 Å². The molecule has 0 aliphatic rings. The Morgan fingerprint density at radius 1 is 0.246 bits per heavy atom. The Morgan fingerprint density at radius 3 is 0.702 bits per heavy atom.